The van der Waals surface area contributed by atoms with Crippen LogP contribution in [0.2, 0.25) is 36.3 Å². The molecule has 0 atom stereocenters. The Bertz CT molecular complexity index is 222. The molecule has 0 bridgehead atoms. The van der Waals surface area contributed by atoms with Gasteiger partial charge in [-0.05, 0) is 49.2 Å². The zero-order valence-electron chi connectivity index (χ0n) is 17.6. The highest BCUT2D eigenvalue weighted by Gasteiger charge is 2.45. The lowest BCUT2D eigenvalue weighted by Crippen LogP contribution is -2.65. The number of hydrogen-bond donors (Lipinski definition) is 0. The quantitative estimate of drug-likeness (QED) is 0.446. The van der Waals surface area contributed by atoms with Gasteiger partial charge in [-0.15, -0.1) is 0 Å². The normalized spacial score (nSPS) is 12.3. The minimum absolute atomic E-state index is 0.568. The largest absolute Gasteiger partial charge is 0.402 e. The van der Waals surface area contributed by atoms with Crippen LogP contribution >= 0.6 is 0 Å². The summed E-state index contributed by atoms with van der Waals surface area (Å²) in [7, 11) is 0.387. The lowest BCUT2D eigenvalue weighted by atomic mass is 10.5. The maximum absolute atomic E-state index is 4.61. The molecular formula is C17H45NO2Si3. The van der Waals surface area contributed by atoms with E-state index in [4.69, 9.17) is 0 Å². The Morgan fingerprint density at radius 3 is 1.09 bits per heavy atom. The van der Waals surface area contributed by atoms with E-state index in [0.717, 1.165) is 0 Å². The maximum atomic E-state index is 4.61. The fourth-order valence-corrected chi connectivity index (χ4v) is 17.8. The van der Waals surface area contributed by atoms with Gasteiger partial charge in [-0.3, -0.25) is 0 Å². The van der Waals surface area contributed by atoms with Crippen molar-refractivity contribution in [2.24, 2.45) is 0 Å². The van der Waals surface area contributed by atoms with Crippen LogP contribution in [0.15, 0.2) is 0 Å². The van der Waals surface area contributed by atoms with Crippen LogP contribution in [0, 0.1) is 0 Å². The third-order valence-electron chi connectivity index (χ3n) is 5.78. The molecule has 6 heteroatoms. The summed E-state index contributed by atoms with van der Waals surface area (Å²) >= 11 is 0. The third-order valence-corrected chi connectivity index (χ3v) is 19.7. The van der Waals surface area contributed by atoms with Gasteiger partial charge in [0.1, 0.15) is 16.5 Å². The van der Waals surface area contributed by atoms with Gasteiger partial charge in [0.2, 0.25) is 0 Å². The van der Waals surface area contributed by atoms with Crippen LogP contribution in [0.1, 0.15) is 54.9 Å². The van der Waals surface area contributed by atoms with Gasteiger partial charge in [0.25, 0.3) is 0 Å². The van der Waals surface area contributed by atoms with Crippen molar-refractivity contribution in [2.75, 3.05) is 20.8 Å². The predicted octanol–water partition coefficient (Wildman–Crippen LogP) is 4.99. The third kappa shape index (κ3) is 7.52. The second-order valence-electron chi connectivity index (χ2n) is 6.42. The van der Waals surface area contributed by atoms with Crippen molar-refractivity contribution in [3.63, 3.8) is 0 Å². The molecule has 0 rings (SSSR count). The first-order valence-corrected chi connectivity index (χ1v) is 16.0. The summed E-state index contributed by atoms with van der Waals surface area (Å²) in [4.78, 5) is 0. The Labute approximate surface area is 151 Å². The van der Waals surface area contributed by atoms with Gasteiger partial charge in [-0.2, -0.15) is 0 Å². The molecule has 0 saturated carbocycles. The van der Waals surface area contributed by atoms with E-state index in [1.54, 1.807) is 14.2 Å². The highest BCUT2D eigenvalue weighted by molar-refractivity contribution is 6.92. The first-order chi connectivity index (χ1) is 11.0. The summed E-state index contributed by atoms with van der Waals surface area (Å²) in [5.41, 5.74) is 0. The van der Waals surface area contributed by atoms with Gasteiger partial charge in [0.15, 0.2) is 0 Å². The van der Waals surface area contributed by atoms with Crippen molar-refractivity contribution in [1.29, 1.82) is 0 Å². The molecule has 0 aromatic carbocycles. The average molecular weight is 380 g/mol. The second-order valence-corrected chi connectivity index (χ2v) is 18.5. The molecule has 0 saturated heterocycles. The Morgan fingerprint density at radius 2 is 0.957 bits per heavy atom. The summed E-state index contributed by atoms with van der Waals surface area (Å²) in [6.45, 7) is 18.5. The molecule has 23 heavy (non-hydrogen) atoms. The van der Waals surface area contributed by atoms with Gasteiger partial charge in [-0.25, -0.2) is 0 Å². The minimum Gasteiger partial charge on any atom is -0.402 e. The van der Waals surface area contributed by atoms with Crippen molar-refractivity contribution < 1.29 is 8.85 Å². The van der Waals surface area contributed by atoms with Crippen LogP contribution in [0.25, 0.3) is 0 Å². The van der Waals surface area contributed by atoms with Crippen LogP contribution in [0.5, 0.6) is 0 Å². The molecule has 0 aliphatic rings. The highest BCUT2D eigenvalue weighted by atomic mass is 28.4. The van der Waals surface area contributed by atoms with Gasteiger partial charge in [-0.1, -0.05) is 48.5 Å². The summed E-state index contributed by atoms with van der Waals surface area (Å²) < 4.78 is 12.4. The molecule has 0 N–H and O–H groups in total. The van der Waals surface area contributed by atoms with Crippen LogP contribution in [0.4, 0.5) is 0 Å². The van der Waals surface area contributed by atoms with E-state index in [1.807, 2.05) is 0 Å². The Hall–Kier alpha value is 0.531. The van der Waals surface area contributed by atoms with Crippen molar-refractivity contribution in [2.45, 2.75) is 91.2 Å². The molecule has 0 aromatic heterocycles. The molecule has 0 fully saturated rings. The van der Waals surface area contributed by atoms with E-state index in [0.29, 0.717) is 0 Å². The number of hydrogen-bond acceptors (Lipinski definition) is 3. The molecule has 0 unspecified atom stereocenters. The van der Waals surface area contributed by atoms with Crippen molar-refractivity contribution in [3.8, 4) is 0 Å². The Morgan fingerprint density at radius 1 is 0.652 bits per heavy atom. The van der Waals surface area contributed by atoms with Gasteiger partial charge in [0.05, 0.1) is 0 Å². The smallest absolute Gasteiger partial charge is 0.303 e. The lowest BCUT2D eigenvalue weighted by molar-refractivity contribution is 0.309. The Kier molecular flexibility index (Phi) is 16.6. The fraction of sp³-hybridized carbons (Fsp3) is 1.00. The summed E-state index contributed by atoms with van der Waals surface area (Å²) in [5.74, 6) is 0. The maximum Gasteiger partial charge on any atom is 0.303 e. The minimum atomic E-state index is -1.17. The van der Waals surface area contributed by atoms with Gasteiger partial charge in [0, 0.05) is 14.2 Å². The molecule has 0 heterocycles. The van der Waals surface area contributed by atoms with E-state index in [1.165, 1.54) is 49.2 Å². The van der Waals surface area contributed by atoms with Crippen molar-refractivity contribution in [1.82, 2.24) is 4.23 Å². The fourth-order valence-electron chi connectivity index (χ4n) is 3.96. The van der Waals surface area contributed by atoms with E-state index in [9.17, 15) is 0 Å². The average Bonchev–Trinajstić information content (AvgIpc) is 2.60. The first kappa shape index (κ1) is 25.8. The molecular weight excluding hydrogens is 334 g/mol. The van der Waals surface area contributed by atoms with Crippen LogP contribution in [-0.4, -0.2) is 51.5 Å². The van der Waals surface area contributed by atoms with Gasteiger partial charge < -0.3 is 13.1 Å². The lowest BCUT2D eigenvalue weighted by Gasteiger charge is -2.52. The Balaban J connectivity index is 0. The zero-order valence-corrected chi connectivity index (χ0v) is 21.0. The first-order valence-electron chi connectivity index (χ1n) is 9.73. The van der Waals surface area contributed by atoms with Crippen LogP contribution in [0.3, 0.4) is 0 Å². The zero-order chi connectivity index (χ0) is 18.4. The SMILES string of the molecule is CCCN([Si](CC)(CC)CC)[Si](CC)(CC)CC.CO[SiH2]OC. The van der Waals surface area contributed by atoms with Crippen molar-refractivity contribution >= 4 is 26.5 Å². The summed E-state index contributed by atoms with van der Waals surface area (Å²) in [6.07, 6.45) is 1.34. The van der Waals surface area contributed by atoms with E-state index in [-0.39, 0.29) is 0 Å². The molecule has 0 radical (unpaired) electrons. The molecule has 0 aromatic rings. The van der Waals surface area contributed by atoms with Crippen molar-refractivity contribution in [3.05, 3.63) is 0 Å². The molecule has 0 amide bonds. The van der Waals surface area contributed by atoms with E-state index < -0.39 is 26.5 Å². The van der Waals surface area contributed by atoms with Gasteiger partial charge >= 0.3 is 10.0 Å². The molecule has 142 valence electrons. The predicted molar refractivity (Wildman–Crippen MR) is 114 cm³/mol. The topological polar surface area (TPSA) is 21.7 Å². The second kappa shape index (κ2) is 14.8. The van der Waals surface area contributed by atoms with E-state index in [2.05, 4.69) is 61.5 Å². The van der Waals surface area contributed by atoms with E-state index >= 15 is 0 Å². The molecule has 3 nitrogen and oxygen atoms in total. The summed E-state index contributed by atoms with van der Waals surface area (Å²) in [6, 6.07) is 8.72. The number of rotatable bonds is 12. The molecule has 0 aliphatic heterocycles. The van der Waals surface area contributed by atoms with Crippen LogP contribution in [-0.2, 0) is 8.85 Å². The molecule has 0 aliphatic carbocycles. The van der Waals surface area contributed by atoms with Crippen LogP contribution < -0.4 is 0 Å². The highest BCUT2D eigenvalue weighted by Crippen LogP contribution is 2.35. The monoisotopic (exact) mass is 379 g/mol. The molecule has 0 spiro atoms. The standard InChI is InChI=1S/C15H37NSi2.C2H8O2Si/c1-8-15-16(17(9-2,10-3)11-4)18(12-5,13-6)14-7;1-3-5-4-2/h8-15H2,1-7H3;5H2,1-2H3. The summed E-state index contributed by atoms with van der Waals surface area (Å²) in [5, 5.41) is 0. The number of nitrogens with zero attached hydrogens (tertiary/aromatic N) is 1.